The van der Waals surface area contributed by atoms with Gasteiger partial charge in [-0.3, -0.25) is 0 Å². The normalized spacial score (nSPS) is 12.1. The molecule has 0 aliphatic carbocycles. The second-order valence-electron chi connectivity index (χ2n) is 13.2. The average Bonchev–Trinajstić information content (AvgIpc) is 3.67. The van der Waals surface area contributed by atoms with E-state index in [2.05, 4.69) is 74.5 Å². The van der Waals surface area contributed by atoms with Crippen molar-refractivity contribution in [3.05, 3.63) is 70.4 Å². The fourth-order valence-electron chi connectivity index (χ4n) is 7.30. The number of fused-ring (bicyclic) bond motifs is 9. The van der Waals surface area contributed by atoms with Crippen molar-refractivity contribution in [3.63, 3.8) is 0 Å². The summed E-state index contributed by atoms with van der Waals surface area (Å²) < 4.78 is 2.88. The first kappa shape index (κ1) is 31.6. The first-order valence-electron chi connectivity index (χ1n) is 18.0. The maximum atomic E-state index is 2.50. The molecule has 44 heavy (non-hydrogen) atoms. The molecule has 6 rings (SSSR count). The van der Waals surface area contributed by atoms with Gasteiger partial charge in [-0.05, 0) is 82.3 Å². The summed E-state index contributed by atoms with van der Waals surface area (Å²) >= 11 is 4.02. The fourth-order valence-corrected chi connectivity index (χ4v) is 9.54. The van der Waals surface area contributed by atoms with E-state index in [1.807, 2.05) is 22.7 Å². The summed E-state index contributed by atoms with van der Waals surface area (Å²) in [5, 5.41) is 11.3. The van der Waals surface area contributed by atoms with Crippen LogP contribution in [0.2, 0.25) is 0 Å². The predicted molar refractivity (Wildman–Crippen MR) is 202 cm³/mol. The smallest absolute Gasteiger partial charge is 0.0352 e. The summed E-state index contributed by atoms with van der Waals surface area (Å²) in [6.45, 7) is 4.60. The van der Waals surface area contributed by atoms with Gasteiger partial charge in [-0.1, -0.05) is 140 Å². The lowest BCUT2D eigenvalue weighted by Gasteiger charge is -2.09. The molecule has 6 aromatic rings. The third kappa shape index (κ3) is 7.34. The highest BCUT2D eigenvalue weighted by Gasteiger charge is 2.12. The molecule has 0 spiro atoms. The fraction of sp³-hybridized carbons (Fsp3) is 0.476. The summed E-state index contributed by atoms with van der Waals surface area (Å²) in [4.78, 5) is 3.11. The zero-order chi connectivity index (χ0) is 30.1. The van der Waals surface area contributed by atoms with Crippen LogP contribution in [0, 0.1) is 0 Å². The molecular weight excluding hydrogens is 569 g/mol. The molecule has 0 bridgehead atoms. The van der Waals surface area contributed by atoms with Crippen molar-refractivity contribution in [2.75, 3.05) is 0 Å². The van der Waals surface area contributed by atoms with Crippen LogP contribution in [-0.2, 0) is 12.8 Å². The van der Waals surface area contributed by atoms with Crippen LogP contribution in [0.1, 0.15) is 126 Å². The van der Waals surface area contributed by atoms with E-state index in [0.717, 1.165) is 0 Å². The zero-order valence-electron chi connectivity index (χ0n) is 27.3. The third-order valence-electron chi connectivity index (χ3n) is 9.84. The minimum absolute atomic E-state index is 1.23. The van der Waals surface area contributed by atoms with Crippen molar-refractivity contribution < 1.29 is 0 Å². The van der Waals surface area contributed by atoms with E-state index in [4.69, 9.17) is 0 Å². The van der Waals surface area contributed by atoms with Gasteiger partial charge in [-0.25, -0.2) is 0 Å². The van der Waals surface area contributed by atoms with Crippen LogP contribution in [-0.4, -0.2) is 0 Å². The van der Waals surface area contributed by atoms with Gasteiger partial charge in [0.2, 0.25) is 0 Å². The maximum absolute atomic E-state index is 2.50. The third-order valence-corrected chi connectivity index (χ3v) is 12.2. The number of unbranched alkanes of at least 4 members (excludes halogenated alkanes) is 14. The molecular formula is C42H52S2. The van der Waals surface area contributed by atoms with Crippen molar-refractivity contribution in [1.29, 1.82) is 0 Å². The molecule has 4 aromatic carbocycles. The predicted octanol–water partition coefficient (Wildman–Crippen LogP) is 14.9. The summed E-state index contributed by atoms with van der Waals surface area (Å²) in [6.07, 6.45) is 24.6. The minimum atomic E-state index is 1.23. The minimum Gasteiger partial charge on any atom is -0.140 e. The number of benzene rings is 4. The van der Waals surface area contributed by atoms with Gasteiger partial charge >= 0.3 is 0 Å². The average molecular weight is 621 g/mol. The van der Waals surface area contributed by atoms with E-state index >= 15 is 0 Å². The number of thiophene rings is 2. The van der Waals surface area contributed by atoms with Crippen molar-refractivity contribution in [1.82, 2.24) is 0 Å². The largest absolute Gasteiger partial charge is 0.140 e. The molecule has 2 aromatic heterocycles. The van der Waals surface area contributed by atoms with Crippen molar-refractivity contribution in [2.45, 2.75) is 129 Å². The maximum Gasteiger partial charge on any atom is 0.0352 e. The van der Waals surface area contributed by atoms with Gasteiger partial charge in [0.25, 0.3) is 0 Å². The van der Waals surface area contributed by atoms with Crippen molar-refractivity contribution >= 4 is 75.2 Å². The van der Waals surface area contributed by atoms with E-state index in [9.17, 15) is 0 Å². The van der Waals surface area contributed by atoms with Crippen LogP contribution in [0.25, 0.3) is 52.5 Å². The monoisotopic (exact) mass is 620 g/mol. The highest BCUT2D eigenvalue weighted by Crippen LogP contribution is 2.40. The number of hydrogen-bond donors (Lipinski definition) is 0. The molecule has 0 unspecified atom stereocenters. The van der Waals surface area contributed by atoms with Gasteiger partial charge in [0.1, 0.15) is 0 Å². The summed E-state index contributed by atoms with van der Waals surface area (Å²) in [7, 11) is 0. The van der Waals surface area contributed by atoms with Crippen LogP contribution >= 0.6 is 22.7 Å². The molecule has 232 valence electrons. The van der Waals surface area contributed by atoms with E-state index in [1.165, 1.54) is 168 Å². The molecule has 0 fully saturated rings. The topological polar surface area (TPSA) is 0 Å². The first-order valence-corrected chi connectivity index (χ1v) is 19.6. The van der Waals surface area contributed by atoms with Gasteiger partial charge in [0.05, 0.1) is 0 Å². The lowest BCUT2D eigenvalue weighted by molar-refractivity contribution is 0.576. The Morgan fingerprint density at radius 3 is 1.00 bits per heavy atom. The van der Waals surface area contributed by atoms with Gasteiger partial charge in [-0.2, -0.15) is 0 Å². The second-order valence-corrected chi connectivity index (χ2v) is 15.6. The Morgan fingerprint density at radius 1 is 0.341 bits per heavy atom. The van der Waals surface area contributed by atoms with E-state index in [-0.39, 0.29) is 0 Å². The highest BCUT2D eigenvalue weighted by atomic mass is 32.1. The quantitative estimate of drug-likeness (QED) is 0.0662. The summed E-state index contributed by atoms with van der Waals surface area (Å²) in [5.41, 5.74) is 0. The van der Waals surface area contributed by atoms with Crippen LogP contribution in [0.4, 0.5) is 0 Å². The number of hydrogen-bond acceptors (Lipinski definition) is 2. The van der Waals surface area contributed by atoms with E-state index in [0.29, 0.717) is 0 Å². The van der Waals surface area contributed by atoms with E-state index < -0.39 is 0 Å². The molecule has 0 radical (unpaired) electrons. The molecule has 0 N–H and O–H groups in total. The van der Waals surface area contributed by atoms with E-state index in [1.54, 1.807) is 9.75 Å². The van der Waals surface area contributed by atoms with Crippen LogP contribution < -0.4 is 0 Å². The molecule has 0 aliphatic heterocycles. The second kappa shape index (κ2) is 15.7. The Kier molecular flexibility index (Phi) is 11.3. The standard InChI is InChI=1S/C42H52S2/c1-3-5-7-9-11-13-15-17-19-31-29-39-37-23-21-34-33(35(37)25-27-41(39)43-31)22-24-38-36(34)26-28-42-40(38)30-32(44-42)20-18-16-14-12-10-8-6-4-2/h21-30H,3-20H2,1-2H3. The first-order chi connectivity index (χ1) is 21.8. The SMILES string of the molecule is CCCCCCCCCCc1cc2c(ccc3c2ccc2c4ccc5sc(CCCCCCCCCC)cc5c4ccc32)s1. The van der Waals surface area contributed by atoms with Crippen molar-refractivity contribution in [3.8, 4) is 0 Å². The van der Waals surface area contributed by atoms with Gasteiger partial charge in [-0.15, -0.1) is 22.7 Å². The Morgan fingerprint density at radius 2 is 0.636 bits per heavy atom. The molecule has 2 heteroatoms. The lowest BCUT2D eigenvalue weighted by atomic mass is 9.94. The van der Waals surface area contributed by atoms with Crippen LogP contribution in [0.3, 0.4) is 0 Å². The van der Waals surface area contributed by atoms with Crippen molar-refractivity contribution in [2.24, 2.45) is 0 Å². The number of rotatable bonds is 18. The lowest BCUT2D eigenvalue weighted by Crippen LogP contribution is -1.83. The molecule has 0 atom stereocenters. The molecule has 0 nitrogen and oxygen atoms in total. The Balaban J connectivity index is 1.16. The molecule has 2 heterocycles. The molecule has 0 saturated carbocycles. The summed E-state index contributed by atoms with van der Waals surface area (Å²) in [5.74, 6) is 0. The Hall–Kier alpha value is -2.42. The van der Waals surface area contributed by atoms with Crippen LogP contribution in [0.15, 0.2) is 60.7 Å². The zero-order valence-corrected chi connectivity index (χ0v) is 29.0. The van der Waals surface area contributed by atoms with Gasteiger partial charge in [0.15, 0.2) is 0 Å². The molecule has 0 aliphatic rings. The summed E-state index contributed by atoms with van der Waals surface area (Å²) in [6, 6.07) is 24.1. The highest BCUT2D eigenvalue weighted by molar-refractivity contribution is 7.19. The Labute approximate surface area is 273 Å². The molecule has 0 amide bonds. The van der Waals surface area contributed by atoms with Crippen LogP contribution in [0.5, 0.6) is 0 Å². The number of aryl methyl sites for hydroxylation is 2. The molecule has 0 saturated heterocycles. The Bertz CT molecular complexity index is 1670. The van der Waals surface area contributed by atoms with Gasteiger partial charge < -0.3 is 0 Å². The van der Waals surface area contributed by atoms with Gasteiger partial charge in [0, 0.05) is 29.9 Å².